The molecule has 0 amide bonds. The number of hydrogen-bond donors (Lipinski definition) is 0. The second kappa shape index (κ2) is 9.54. The molecule has 9 heteroatoms. The molecule has 1 aromatic carbocycles. The zero-order valence-electron chi connectivity index (χ0n) is 20.9. The predicted molar refractivity (Wildman–Crippen MR) is 140 cm³/mol. The first kappa shape index (κ1) is 24.1. The molecule has 7 nitrogen and oxygen atoms in total. The van der Waals surface area contributed by atoms with E-state index in [2.05, 4.69) is 39.5 Å². The topological polar surface area (TPSA) is 68.8 Å². The van der Waals surface area contributed by atoms with Gasteiger partial charge in [-0.15, -0.1) is 0 Å². The monoisotopic (exact) mass is 516 g/mol. The van der Waals surface area contributed by atoms with Crippen molar-refractivity contribution in [1.82, 2.24) is 28.9 Å². The average molecular weight is 517 g/mol. The summed E-state index contributed by atoms with van der Waals surface area (Å²) < 4.78 is 19.7. The highest BCUT2D eigenvalue weighted by Gasteiger charge is 2.53. The van der Waals surface area contributed by atoms with Crippen LogP contribution < -0.4 is 0 Å². The van der Waals surface area contributed by atoms with E-state index >= 15 is 0 Å². The third kappa shape index (κ3) is 4.40. The van der Waals surface area contributed by atoms with Gasteiger partial charge in [-0.3, -0.25) is 14.5 Å². The molecular weight excluding hydrogens is 487 g/mol. The molecule has 0 spiro atoms. The van der Waals surface area contributed by atoms with Crippen molar-refractivity contribution in [3.8, 4) is 5.69 Å². The van der Waals surface area contributed by atoms with Gasteiger partial charge in [0.15, 0.2) is 5.78 Å². The summed E-state index contributed by atoms with van der Waals surface area (Å²) in [5, 5.41) is 9.15. The molecule has 6 rings (SSSR count). The summed E-state index contributed by atoms with van der Waals surface area (Å²) in [5.74, 6) is -0.0179. The molecule has 4 aromatic rings. The average Bonchev–Trinajstić information content (AvgIpc) is 3.55. The number of rotatable bonds is 6. The highest BCUT2D eigenvalue weighted by atomic mass is 32.2. The zero-order valence-corrected chi connectivity index (χ0v) is 21.7. The Morgan fingerprint density at radius 1 is 1.14 bits per heavy atom. The van der Waals surface area contributed by atoms with Crippen LogP contribution in [0.2, 0.25) is 0 Å². The summed E-state index contributed by atoms with van der Waals surface area (Å²) in [6, 6.07) is 12.3. The lowest BCUT2D eigenvalue weighted by Gasteiger charge is -2.49. The lowest BCUT2D eigenvalue weighted by molar-refractivity contribution is 0.0412. The Kier molecular flexibility index (Phi) is 6.20. The molecule has 1 aliphatic heterocycles. The van der Waals surface area contributed by atoms with Gasteiger partial charge in [0, 0.05) is 37.2 Å². The van der Waals surface area contributed by atoms with Crippen molar-refractivity contribution in [3.05, 3.63) is 90.0 Å². The van der Waals surface area contributed by atoms with E-state index in [0.717, 1.165) is 41.2 Å². The van der Waals surface area contributed by atoms with E-state index in [1.807, 2.05) is 40.0 Å². The van der Waals surface area contributed by atoms with E-state index in [4.69, 9.17) is 0 Å². The van der Waals surface area contributed by atoms with Crippen LogP contribution in [0.3, 0.4) is 0 Å². The molecule has 1 aliphatic carbocycles. The largest absolute Gasteiger partial charge is 0.292 e. The van der Waals surface area contributed by atoms with Crippen molar-refractivity contribution in [1.29, 1.82) is 0 Å². The highest BCUT2D eigenvalue weighted by Crippen LogP contribution is 2.49. The van der Waals surface area contributed by atoms with Gasteiger partial charge in [-0.1, -0.05) is 6.07 Å². The fourth-order valence-electron chi connectivity index (χ4n) is 5.71. The molecule has 0 bridgehead atoms. The van der Waals surface area contributed by atoms with Gasteiger partial charge >= 0.3 is 0 Å². The molecule has 4 heterocycles. The van der Waals surface area contributed by atoms with Gasteiger partial charge in [-0.2, -0.15) is 10.2 Å². The van der Waals surface area contributed by atoms with Crippen LogP contribution in [-0.2, 0) is 12.8 Å². The number of Topliss-reactive ketones (excluding diaryl/α,β-unsaturated/α-hetero) is 1. The number of ketones is 1. The summed E-state index contributed by atoms with van der Waals surface area (Å²) in [6.07, 6.45) is 9.77. The highest BCUT2D eigenvalue weighted by molar-refractivity contribution is 7.97. The summed E-state index contributed by atoms with van der Waals surface area (Å²) in [6.45, 7) is 5.73. The number of fused-ring (bicyclic) bond motifs is 2. The van der Waals surface area contributed by atoms with Crippen molar-refractivity contribution in [2.24, 2.45) is 11.3 Å². The van der Waals surface area contributed by atoms with E-state index < -0.39 is 5.41 Å². The smallest absolute Gasteiger partial charge is 0.189 e. The summed E-state index contributed by atoms with van der Waals surface area (Å²) >= 11 is 1.68. The van der Waals surface area contributed by atoms with Crippen molar-refractivity contribution in [2.75, 3.05) is 13.1 Å². The van der Waals surface area contributed by atoms with Crippen LogP contribution in [0, 0.1) is 17.2 Å². The van der Waals surface area contributed by atoms with E-state index in [-0.39, 0.29) is 17.5 Å². The Balaban J connectivity index is 1.35. The molecule has 1 fully saturated rings. The Bertz CT molecular complexity index is 1420. The van der Waals surface area contributed by atoms with Gasteiger partial charge in [0.2, 0.25) is 0 Å². The van der Waals surface area contributed by atoms with E-state index in [1.165, 1.54) is 12.1 Å². The van der Waals surface area contributed by atoms with Crippen LogP contribution in [0.4, 0.5) is 4.39 Å². The van der Waals surface area contributed by atoms with Crippen LogP contribution >= 0.6 is 11.9 Å². The van der Waals surface area contributed by atoms with Crippen molar-refractivity contribution in [2.45, 2.75) is 44.0 Å². The number of carbonyl (C=O) groups excluding carboxylic acids is 1. The van der Waals surface area contributed by atoms with Crippen molar-refractivity contribution >= 4 is 17.7 Å². The number of carbonyl (C=O) groups is 1. The zero-order chi connectivity index (χ0) is 25.6. The molecule has 2 atom stereocenters. The fourth-order valence-corrected chi connectivity index (χ4v) is 6.75. The van der Waals surface area contributed by atoms with Gasteiger partial charge in [-0.25, -0.2) is 13.4 Å². The molecule has 2 unspecified atom stereocenters. The van der Waals surface area contributed by atoms with Crippen LogP contribution in [-0.4, -0.2) is 47.7 Å². The van der Waals surface area contributed by atoms with Gasteiger partial charge < -0.3 is 0 Å². The number of piperidine rings is 1. The maximum Gasteiger partial charge on any atom is 0.189 e. The minimum absolute atomic E-state index is 0.0986. The van der Waals surface area contributed by atoms with Crippen molar-refractivity contribution in [3.63, 3.8) is 0 Å². The van der Waals surface area contributed by atoms with Crippen LogP contribution in [0.5, 0.6) is 0 Å². The third-order valence-corrected chi connectivity index (χ3v) is 8.62. The third-order valence-electron chi connectivity index (χ3n) is 7.63. The lowest BCUT2D eigenvalue weighted by atomic mass is 9.60. The summed E-state index contributed by atoms with van der Waals surface area (Å²) in [4.78, 5) is 19.7. The number of hydrogen-bond acceptors (Lipinski definition) is 6. The van der Waals surface area contributed by atoms with E-state index in [1.54, 1.807) is 30.3 Å². The Morgan fingerprint density at radius 2 is 1.97 bits per heavy atom. The standard InChI is InChI=1S/C28H29FN6OS/c1-19(2)34-17-24(16-31-34)37-33-12-10-21-13-26-20(15-32-35(26)23-8-6-22(29)7-9-23)14-28(21,18-33)27(36)25-5-3-4-11-30-25/h3-9,11,15-17,19,21H,10,12-14,18H2,1-2H3. The van der Waals surface area contributed by atoms with E-state index in [9.17, 15) is 9.18 Å². The van der Waals surface area contributed by atoms with Gasteiger partial charge in [-0.05, 0) is 92.9 Å². The van der Waals surface area contributed by atoms with Gasteiger partial charge in [0.1, 0.15) is 11.5 Å². The van der Waals surface area contributed by atoms with Gasteiger partial charge in [0.25, 0.3) is 0 Å². The van der Waals surface area contributed by atoms with Crippen molar-refractivity contribution < 1.29 is 9.18 Å². The molecule has 190 valence electrons. The minimum Gasteiger partial charge on any atom is -0.292 e. The number of halogens is 1. The summed E-state index contributed by atoms with van der Waals surface area (Å²) in [7, 11) is 0. The SMILES string of the molecule is CC(C)n1cc(SN2CCC3Cc4c(cnn4-c4ccc(F)cc4)CC3(C(=O)c3ccccn3)C2)cn1. The molecule has 3 aromatic heterocycles. The minimum atomic E-state index is -0.600. The maximum absolute atomic E-state index is 14.2. The number of nitrogens with zero attached hydrogens (tertiary/aromatic N) is 6. The molecule has 1 saturated heterocycles. The first-order valence-corrected chi connectivity index (χ1v) is 13.4. The Hall–Kier alpha value is -3.30. The Labute approximate surface area is 219 Å². The summed E-state index contributed by atoms with van der Waals surface area (Å²) in [5.41, 5.74) is 2.93. The van der Waals surface area contributed by atoms with Crippen LogP contribution in [0.1, 0.15) is 48.1 Å². The lowest BCUT2D eigenvalue weighted by Crippen LogP contribution is -2.55. The number of benzene rings is 1. The quantitative estimate of drug-likeness (QED) is 0.260. The second-order valence-corrected chi connectivity index (χ2v) is 11.4. The van der Waals surface area contributed by atoms with Crippen LogP contribution in [0.15, 0.2) is 72.1 Å². The molecule has 2 aliphatic rings. The number of pyridine rings is 1. The first-order valence-electron chi connectivity index (χ1n) is 12.7. The van der Waals surface area contributed by atoms with E-state index in [0.29, 0.717) is 24.7 Å². The molecule has 0 saturated carbocycles. The van der Waals surface area contributed by atoms with Gasteiger partial charge in [0.05, 0.1) is 28.4 Å². The molecular formula is C28H29FN6OS. The number of aromatic nitrogens is 5. The molecule has 37 heavy (non-hydrogen) atoms. The Morgan fingerprint density at radius 3 is 2.70 bits per heavy atom. The predicted octanol–water partition coefficient (Wildman–Crippen LogP) is 5.18. The maximum atomic E-state index is 14.2. The molecule has 0 radical (unpaired) electrons. The molecule has 0 N–H and O–H groups in total. The first-order chi connectivity index (χ1) is 17.9. The normalized spacial score (nSPS) is 21.6. The van der Waals surface area contributed by atoms with Crippen LogP contribution in [0.25, 0.3) is 5.69 Å². The fraction of sp³-hybridized carbons (Fsp3) is 0.357. The second-order valence-electron chi connectivity index (χ2n) is 10.3.